The maximum atomic E-state index is 5.26. The molecule has 1 aromatic carbocycles. The van der Waals surface area contributed by atoms with Crippen LogP contribution >= 0.6 is 0 Å². The van der Waals surface area contributed by atoms with Crippen LogP contribution in [-0.4, -0.2) is 14.2 Å². The number of allylic oxidation sites excluding steroid dienone is 2. The zero-order valence-electron chi connectivity index (χ0n) is 9.83. The van der Waals surface area contributed by atoms with Crippen molar-refractivity contribution in [3.8, 4) is 11.5 Å². The third-order valence-corrected chi connectivity index (χ3v) is 2.48. The summed E-state index contributed by atoms with van der Waals surface area (Å²) in [6.07, 6.45) is 3.15. The fourth-order valence-corrected chi connectivity index (χ4v) is 1.61. The van der Waals surface area contributed by atoms with Crippen molar-refractivity contribution in [2.75, 3.05) is 14.2 Å². The van der Waals surface area contributed by atoms with Gasteiger partial charge in [-0.3, -0.25) is 0 Å². The first-order valence-electron chi connectivity index (χ1n) is 5.14. The molecule has 0 bridgehead atoms. The Bertz CT molecular complexity index is 354. The van der Waals surface area contributed by atoms with Crippen LogP contribution in [0.3, 0.4) is 0 Å². The standard InChI is InChI=1S/C13H18O2/c1-5-10(6-2)11-7-8-12(14-3)13(9-11)15-4/h5,7-9H,6H2,1-4H3/b10-5+. The van der Waals surface area contributed by atoms with Gasteiger partial charge in [0.15, 0.2) is 11.5 Å². The largest absolute Gasteiger partial charge is 0.493 e. The van der Waals surface area contributed by atoms with Crippen molar-refractivity contribution in [1.29, 1.82) is 0 Å². The van der Waals surface area contributed by atoms with E-state index in [2.05, 4.69) is 26.0 Å². The maximum Gasteiger partial charge on any atom is 0.161 e. The molecule has 0 N–H and O–H groups in total. The van der Waals surface area contributed by atoms with Gasteiger partial charge in [0.05, 0.1) is 14.2 Å². The van der Waals surface area contributed by atoms with E-state index in [4.69, 9.17) is 9.47 Å². The molecule has 0 fully saturated rings. The second-order valence-electron chi connectivity index (χ2n) is 3.24. The zero-order valence-corrected chi connectivity index (χ0v) is 9.83. The lowest BCUT2D eigenvalue weighted by atomic mass is 10.0. The molecule has 0 radical (unpaired) electrons. The van der Waals surface area contributed by atoms with E-state index in [0.29, 0.717) is 0 Å². The molecule has 0 spiro atoms. The summed E-state index contributed by atoms with van der Waals surface area (Å²) in [5.41, 5.74) is 2.51. The molecule has 1 aromatic rings. The van der Waals surface area contributed by atoms with Crippen LogP contribution in [0, 0.1) is 0 Å². The Morgan fingerprint density at radius 3 is 2.33 bits per heavy atom. The monoisotopic (exact) mass is 206 g/mol. The lowest BCUT2D eigenvalue weighted by molar-refractivity contribution is 0.355. The van der Waals surface area contributed by atoms with Crippen LogP contribution < -0.4 is 9.47 Å². The Morgan fingerprint density at radius 2 is 1.87 bits per heavy atom. The SMILES string of the molecule is C/C=C(\CC)c1ccc(OC)c(OC)c1. The second kappa shape index (κ2) is 5.44. The van der Waals surface area contributed by atoms with Crippen molar-refractivity contribution < 1.29 is 9.47 Å². The minimum Gasteiger partial charge on any atom is -0.493 e. The Hall–Kier alpha value is -1.44. The van der Waals surface area contributed by atoms with Crippen molar-refractivity contribution in [1.82, 2.24) is 0 Å². The first-order chi connectivity index (χ1) is 7.26. The van der Waals surface area contributed by atoms with Crippen LogP contribution in [0.25, 0.3) is 5.57 Å². The average Bonchev–Trinajstić information content (AvgIpc) is 2.30. The van der Waals surface area contributed by atoms with Crippen molar-refractivity contribution in [3.63, 3.8) is 0 Å². The third-order valence-electron chi connectivity index (χ3n) is 2.48. The number of hydrogen-bond acceptors (Lipinski definition) is 2. The minimum absolute atomic E-state index is 0.771. The lowest BCUT2D eigenvalue weighted by Gasteiger charge is -2.10. The fraction of sp³-hybridized carbons (Fsp3) is 0.385. The van der Waals surface area contributed by atoms with E-state index in [1.54, 1.807) is 14.2 Å². The highest BCUT2D eigenvalue weighted by molar-refractivity contribution is 5.67. The van der Waals surface area contributed by atoms with Crippen LogP contribution in [0.15, 0.2) is 24.3 Å². The van der Waals surface area contributed by atoms with E-state index in [1.807, 2.05) is 12.1 Å². The number of methoxy groups -OCH3 is 2. The first kappa shape index (κ1) is 11.6. The molecule has 15 heavy (non-hydrogen) atoms. The van der Waals surface area contributed by atoms with Gasteiger partial charge in [-0.1, -0.05) is 19.1 Å². The van der Waals surface area contributed by atoms with E-state index in [-0.39, 0.29) is 0 Å². The molecule has 0 saturated heterocycles. The summed E-state index contributed by atoms with van der Waals surface area (Å²) in [6.45, 7) is 4.20. The fourth-order valence-electron chi connectivity index (χ4n) is 1.61. The van der Waals surface area contributed by atoms with Crippen molar-refractivity contribution in [2.24, 2.45) is 0 Å². The van der Waals surface area contributed by atoms with Crippen LogP contribution in [0.4, 0.5) is 0 Å². The average molecular weight is 206 g/mol. The summed E-state index contributed by atoms with van der Waals surface area (Å²) in [6, 6.07) is 6.01. The van der Waals surface area contributed by atoms with Gasteiger partial charge in [0, 0.05) is 0 Å². The normalized spacial score (nSPS) is 11.3. The summed E-state index contributed by atoms with van der Waals surface area (Å²) in [5.74, 6) is 1.55. The third kappa shape index (κ3) is 2.52. The van der Waals surface area contributed by atoms with Gasteiger partial charge < -0.3 is 9.47 Å². The predicted octanol–water partition coefficient (Wildman–Crippen LogP) is 3.52. The zero-order chi connectivity index (χ0) is 11.3. The number of hydrogen-bond donors (Lipinski definition) is 0. The van der Waals surface area contributed by atoms with E-state index in [1.165, 1.54) is 11.1 Å². The summed E-state index contributed by atoms with van der Waals surface area (Å²) in [7, 11) is 3.30. The molecule has 0 aliphatic rings. The van der Waals surface area contributed by atoms with Crippen LogP contribution in [0.1, 0.15) is 25.8 Å². The van der Waals surface area contributed by atoms with Crippen molar-refractivity contribution in [3.05, 3.63) is 29.8 Å². The molecule has 0 aliphatic carbocycles. The molecule has 0 atom stereocenters. The van der Waals surface area contributed by atoms with Gasteiger partial charge in [-0.05, 0) is 36.6 Å². The van der Waals surface area contributed by atoms with E-state index in [9.17, 15) is 0 Å². The van der Waals surface area contributed by atoms with Gasteiger partial charge >= 0.3 is 0 Å². The summed E-state index contributed by atoms with van der Waals surface area (Å²) in [5, 5.41) is 0. The smallest absolute Gasteiger partial charge is 0.161 e. The lowest BCUT2D eigenvalue weighted by Crippen LogP contribution is -1.92. The van der Waals surface area contributed by atoms with Crippen LogP contribution in [0.2, 0.25) is 0 Å². The topological polar surface area (TPSA) is 18.5 Å². The van der Waals surface area contributed by atoms with Gasteiger partial charge in [-0.15, -0.1) is 0 Å². The molecule has 0 heterocycles. The van der Waals surface area contributed by atoms with Gasteiger partial charge in [0.2, 0.25) is 0 Å². The summed E-state index contributed by atoms with van der Waals surface area (Å²) >= 11 is 0. The molecule has 0 saturated carbocycles. The Labute approximate surface area is 91.5 Å². The molecule has 1 rings (SSSR count). The highest BCUT2D eigenvalue weighted by Gasteiger charge is 2.05. The molecular formula is C13H18O2. The highest BCUT2D eigenvalue weighted by Crippen LogP contribution is 2.31. The van der Waals surface area contributed by atoms with Gasteiger partial charge in [-0.2, -0.15) is 0 Å². The molecule has 0 amide bonds. The molecule has 82 valence electrons. The minimum atomic E-state index is 0.771. The maximum absolute atomic E-state index is 5.26. The Kier molecular flexibility index (Phi) is 4.22. The molecule has 0 aromatic heterocycles. The van der Waals surface area contributed by atoms with Crippen molar-refractivity contribution in [2.45, 2.75) is 20.3 Å². The van der Waals surface area contributed by atoms with E-state index in [0.717, 1.165) is 17.9 Å². The molecule has 0 unspecified atom stereocenters. The van der Waals surface area contributed by atoms with Crippen molar-refractivity contribution >= 4 is 5.57 Å². The molecule has 0 aliphatic heterocycles. The molecular weight excluding hydrogens is 188 g/mol. The molecule has 2 heteroatoms. The number of rotatable bonds is 4. The second-order valence-corrected chi connectivity index (χ2v) is 3.24. The van der Waals surface area contributed by atoms with E-state index < -0.39 is 0 Å². The number of benzene rings is 1. The van der Waals surface area contributed by atoms with Gasteiger partial charge in [0.1, 0.15) is 0 Å². The summed E-state index contributed by atoms with van der Waals surface area (Å²) in [4.78, 5) is 0. The highest BCUT2D eigenvalue weighted by atomic mass is 16.5. The Balaban J connectivity index is 3.13. The van der Waals surface area contributed by atoms with Crippen LogP contribution in [0.5, 0.6) is 11.5 Å². The van der Waals surface area contributed by atoms with Gasteiger partial charge in [0.25, 0.3) is 0 Å². The quantitative estimate of drug-likeness (QED) is 0.750. The van der Waals surface area contributed by atoms with Crippen LogP contribution in [-0.2, 0) is 0 Å². The Morgan fingerprint density at radius 1 is 1.20 bits per heavy atom. The molecule has 2 nitrogen and oxygen atoms in total. The summed E-state index contributed by atoms with van der Waals surface area (Å²) < 4.78 is 10.5. The predicted molar refractivity (Wildman–Crippen MR) is 63.5 cm³/mol. The van der Waals surface area contributed by atoms with E-state index >= 15 is 0 Å². The first-order valence-corrected chi connectivity index (χ1v) is 5.14. The van der Waals surface area contributed by atoms with Gasteiger partial charge in [-0.25, -0.2) is 0 Å². The number of ether oxygens (including phenoxy) is 2.